The highest BCUT2D eigenvalue weighted by molar-refractivity contribution is 5.95. The van der Waals surface area contributed by atoms with Gasteiger partial charge in [-0.2, -0.15) is 0 Å². The number of piperazine rings is 1. The molecule has 7 nitrogen and oxygen atoms in total. The van der Waals surface area contributed by atoms with Crippen LogP contribution in [0.4, 0.5) is 0 Å². The van der Waals surface area contributed by atoms with Crippen molar-refractivity contribution in [2.45, 2.75) is 20.1 Å². The molecule has 1 aliphatic rings. The Morgan fingerprint density at radius 3 is 2.56 bits per heavy atom. The van der Waals surface area contributed by atoms with Crippen LogP contribution in [0.1, 0.15) is 28.4 Å². The molecule has 3 heterocycles. The molecule has 1 aliphatic heterocycles. The predicted octanol–water partition coefficient (Wildman–Crippen LogP) is 4.57. The fourth-order valence-corrected chi connectivity index (χ4v) is 4.50. The Labute approximate surface area is 211 Å². The van der Waals surface area contributed by atoms with E-state index in [9.17, 15) is 4.79 Å². The van der Waals surface area contributed by atoms with Gasteiger partial charge in [0.25, 0.3) is 5.91 Å². The van der Waals surface area contributed by atoms with Crippen molar-refractivity contribution in [3.05, 3.63) is 95.9 Å². The largest absolute Gasteiger partial charge is 0.490 e. The van der Waals surface area contributed by atoms with Gasteiger partial charge in [-0.05, 0) is 42.8 Å². The Bertz CT molecular complexity index is 1320. The van der Waals surface area contributed by atoms with Crippen molar-refractivity contribution in [3.63, 3.8) is 0 Å². The zero-order chi connectivity index (χ0) is 24.7. The lowest BCUT2D eigenvalue weighted by Gasteiger charge is -2.35. The third-order valence-electron chi connectivity index (χ3n) is 6.38. The van der Waals surface area contributed by atoms with Crippen LogP contribution in [0.2, 0.25) is 0 Å². The molecule has 1 fully saturated rings. The molecule has 5 rings (SSSR count). The lowest BCUT2D eigenvalue weighted by molar-refractivity contribution is 0.0628. The molecule has 184 valence electrons. The van der Waals surface area contributed by atoms with E-state index in [1.807, 2.05) is 48.4 Å². The maximum Gasteiger partial charge on any atom is 0.254 e. The summed E-state index contributed by atoms with van der Waals surface area (Å²) >= 11 is 0. The lowest BCUT2D eigenvalue weighted by Crippen LogP contribution is -2.48. The molecule has 2 aromatic heterocycles. The second-order valence-electron chi connectivity index (χ2n) is 8.81. The van der Waals surface area contributed by atoms with Gasteiger partial charge in [0.15, 0.2) is 11.5 Å². The van der Waals surface area contributed by atoms with Gasteiger partial charge in [0.05, 0.1) is 12.1 Å². The molecule has 0 saturated carbocycles. The van der Waals surface area contributed by atoms with Crippen LogP contribution in [0.5, 0.6) is 11.5 Å². The van der Waals surface area contributed by atoms with E-state index in [1.165, 1.54) is 5.56 Å². The van der Waals surface area contributed by atoms with E-state index in [4.69, 9.17) is 9.47 Å². The second kappa shape index (κ2) is 11.2. The number of fused-ring (bicyclic) bond motifs is 1. The van der Waals surface area contributed by atoms with Crippen LogP contribution in [0, 0.1) is 0 Å². The van der Waals surface area contributed by atoms with E-state index in [0.717, 1.165) is 36.1 Å². The first kappa shape index (κ1) is 23.8. The number of benzene rings is 2. The van der Waals surface area contributed by atoms with Crippen LogP contribution in [0.3, 0.4) is 0 Å². The van der Waals surface area contributed by atoms with Crippen molar-refractivity contribution in [2.75, 3.05) is 32.8 Å². The van der Waals surface area contributed by atoms with Crippen LogP contribution in [-0.2, 0) is 13.2 Å². The van der Waals surface area contributed by atoms with Gasteiger partial charge in [-0.25, -0.2) is 0 Å². The quantitative estimate of drug-likeness (QED) is 0.367. The average molecular weight is 483 g/mol. The summed E-state index contributed by atoms with van der Waals surface area (Å²) in [6.45, 7) is 6.62. The van der Waals surface area contributed by atoms with Crippen LogP contribution in [-0.4, -0.2) is 58.5 Å². The summed E-state index contributed by atoms with van der Waals surface area (Å²) in [6.07, 6.45) is 5.35. The number of para-hydroxylation sites is 1. The Morgan fingerprint density at radius 1 is 0.917 bits per heavy atom. The molecule has 0 aliphatic carbocycles. The van der Waals surface area contributed by atoms with Crippen LogP contribution < -0.4 is 9.47 Å². The lowest BCUT2D eigenvalue weighted by atomic mass is 10.1. The number of ether oxygens (including phenoxy) is 2. The van der Waals surface area contributed by atoms with Gasteiger partial charge in [0.2, 0.25) is 0 Å². The van der Waals surface area contributed by atoms with Crippen molar-refractivity contribution >= 4 is 16.8 Å². The number of aromatic nitrogens is 2. The predicted molar refractivity (Wildman–Crippen MR) is 139 cm³/mol. The third kappa shape index (κ3) is 5.47. The summed E-state index contributed by atoms with van der Waals surface area (Å²) in [7, 11) is 0. The molecule has 0 atom stereocenters. The first-order valence-corrected chi connectivity index (χ1v) is 12.3. The molecule has 0 N–H and O–H groups in total. The Kier molecular flexibility index (Phi) is 7.38. The van der Waals surface area contributed by atoms with Gasteiger partial charge in [0.1, 0.15) is 6.61 Å². The van der Waals surface area contributed by atoms with Gasteiger partial charge >= 0.3 is 0 Å². The van der Waals surface area contributed by atoms with Gasteiger partial charge in [-0.1, -0.05) is 30.3 Å². The van der Waals surface area contributed by atoms with E-state index in [1.54, 1.807) is 18.5 Å². The zero-order valence-electron chi connectivity index (χ0n) is 20.5. The van der Waals surface area contributed by atoms with Crippen molar-refractivity contribution < 1.29 is 14.3 Å². The highest BCUT2D eigenvalue weighted by atomic mass is 16.5. The molecule has 4 aromatic rings. The van der Waals surface area contributed by atoms with Gasteiger partial charge in [0, 0.05) is 67.8 Å². The van der Waals surface area contributed by atoms with Crippen LogP contribution in [0.15, 0.2) is 79.3 Å². The molecule has 36 heavy (non-hydrogen) atoms. The fourth-order valence-electron chi connectivity index (χ4n) is 4.50. The number of rotatable bonds is 8. The monoisotopic (exact) mass is 482 g/mol. The number of pyridine rings is 2. The molecule has 1 saturated heterocycles. The minimum Gasteiger partial charge on any atom is -0.490 e. The Balaban J connectivity index is 1.21. The third-order valence-corrected chi connectivity index (χ3v) is 6.38. The van der Waals surface area contributed by atoms with Crippen molar-refractivity contribution in [1.29, 1.82) is 0 Å². The van der Waals surface area contributed by atoms with E-state index >= 15 is 0 Å². The van der Waals surface area contributed by atoms with Crippen LogP contribution >= 0.6 is 0 Å². The molecule has 0 unspecified atom stereocenters. The van der Waals surface area contributed by atoms with Gasteiger partial charge < -0.3 is 14.4 Å². The van der Waals surface area contributed by atoms with E-state index < -0.39 is 0 Å². The Morgan fingerprint density at radius 2 is 1.75 bits per heavy atom. The topological polar surface area (TPSA) is 67.8 Å². The van der Waals surface area contributed by atoms with Crippen LogP contribution in [0.25, 0.3) is 10.9 Å². The number of carbonyl (C=O) groups is 1. The molecule has 1 amide bonds. The number of hydrogen-bond donors (Lipinski definition) is 0. The smallest absolute Gasteiger partial charge is 0.254 e. The summed E-state index contributed by atoms with van der Waals surface area (Å²) in [5, 5.41) is 1.15. The summed E-state index contributed by atoms with van der Waals surface area (Å²) < 4.78 is 11.8. The maximum absolute atomic E-state index is 13.3. The standard InChI is InChI=1S/C29H30N4O3/c1-2-35-27-18-24(10-11-26(27)36-21-22-6-4-12-30-19-22)29(34)33-16-14-32(15-17-33)20-25-8-3-7-23-9-5-13-31-28(23)25/h3-13,18-19H,2,14-17,20-21H2,1H3. The molecule has 2 aromatic carbocycles. The first-order chi connectivity index (χ1) is 17.7. The minimum absolute atomic E-state index is 0.0150. The van der Waals surface area contributed by atoms with Crippen molar-refractivity contribution in [1.82, 2.24) is 19.8 Å². The maximum atomic E-state index is 13.3. The summed E-state index contributed by atoms with van der Waals surface area (Å²) in [6, 6.07) is 19.6. The average Bonchev–Trinajstić information content (AvgIpc) is 2.93. The van der Waals surface area contributed by atoms with E-state index in [0.29, 0.717) is 43.4 Å². The number of amides is 1. The summed E-state index contributed by atoms with van der Waals surface area (Å²) in [4.78, 5) is 26.3. The SMILES string of the molecule is CCOc1cc(C(=O)N2CCN(Cc3cccc4cccnc34)CC2)ccc1OCc1cccnc1. The first-order valence-electron chi connectivity index (χ1n) is 12.3. The molecule has 0 bridgehead atoms. The van der Waals surface area contributed by atoms with E-state index in [-0.39, 0.29) is 5.91 Å². The molecule has 0 radical (unpaired) electrons. The number of carbonyl (C=O) groups excluding carboxylic acids is 1. The van der Waals surface area contributed by atoms with Crippen molar-refractivity contribution in [3.8, 4) is 11.5 Å². The normalized spacial score (nSPS) is 14.1. The highest BCUT2D eigenvalue weighted by Crippen LogP contribution is 2.30. The van der Waals surface area contributed by atoms with E-state index in [2.05, 4.69) is 39.1 Å². The summed E-state index contributed by atoms with van der Waals surface area (Å²) in [5.74, 6) is 1.21. The van der Waals surface area contributed by atoms with Gasteiger partial charge in [-0.3, -0.25) is 19.7 Å². The molecule has 7 heteroatoms. The second-order valence-corrected chi connectivity index (χ2v) is 8.81. The number of hydrogen-bond acceptors (Lipinski definition) is 6. The fraction of sp³-hybridized carbons (Fsp3) is 0.276. The zero-order valence-corrected chi connectivity index (χ0v) is 20.5. The molecule has 0 spiro atoms. The van der Waals surface area contributed by atoms with Gasteiger partial charge in [-0.15, -0.1) is 0 Å². The molecular formula is C29H30N4O3. The summed E-state index contributed by atoms with van der Waals surface area (Å²) in [5.41, 5.74) is 3.85. The highest BCUT2D eigenvalue weighted by Gasteiger charge is 2.23. The molecular weight excluding hydrogens is 452 g/mol. The Hall–Kier alpha value is -3.97. The van der Waals surface area contributed by atoms with Crippen molar-refractivity contribution in [2.24, 2.45) is 0 Å². The minimum atomic E-state index is 0.0150. The number of nitrogens with zero attached hydrogens (tertiary/aromatic N) is 4.